The monoisotopic (exact) mass is 362 g/mol. The van der Waals surface area contributed by atoms with Gasteiger partial charge in [-0.2, -0.15) is 5.10 Å². The minimum atomic E-state index is 0.497. The maximum atomic E-state index is 4.80. The molecule has 2 aliphatic rings. The molecule has 1 N–H and O–H groups in total. The van der Waals surface area contributed by atoms with Crippen LogP contribution in [0, 0.1) is 0 Å². The fraction of sp³-hybridized carbons (Fsp3) is 0.533. The fourth-order valence-electron chi connectivity index (χ4n) is 3.24. The van der Waals surface area contributed by atoms with Gasteiger partial charge in [0, 0.05) is 56.8 Å². The van der Waals surface area contributed by atoms with Gasteiger partial charge in [-0.3, -0.25) is 4.68 Å². The van der Waals surface area contributed by atoms with E-state index in [-0.39, 0.29) is 0 Å². The van der Waals surface area contributed by atoms with Crippen molar-refractivity contribution in [2.75, 3.05) is 24.5 Å². The summed E-state index contributed by atoms with van der Waals surface area (Å²) < 4.78 is 3.11. The molecule has 2 aliphatic heterocycles. The number of piperidine rings is 1. The minimum absolute atomic E-state index is 0.497. The lowest BCUT2D eigenvalue weighted by atomic mass is 10.1. The number of hydrogen-bond acceptors (Lipinski definition) is 5. The Hall–Kier alpha value is -1.47. The zero-order chi connectivity index (χ0) is 14.9. The van der Waals surface area contributed by atoms with E-state index in [1.807, 2.05) is 12.4 Å². The third kappa shape index (κ3) is 2.75. The largest absolute Gasteiger partial charge is 0.341 e. The predicted octanol–water partition coefficient (Wildman–Crippen LogP) is 1.92. The van der Waals surface area contributed by atoms with Gasteiger partial charge < -0.3 is 10.2 Å². The van der Waals surface area contributed by atoms with Gasteiger partial charge in [0.25, 0.3) is 0 Å². The van der Waals surface area contributed by atoms with E-state index in [4.69, 9.17) is 5.10 Å². The van der Waals surface area contributed by atoms with E-state index in [2.05, 4.69) is 47.0 Å². The van der Waals surface area contributed by atoms with Crippen molar-refractivity contribution in [1.82, 2.24) is 25.1 Å². The van der Waals surface area contributed by atoms with Gasteiger partial charge in [0.05, 0.1) is 16.2 Å². The summed E-state index contributed by atoms with van der Waals surface area (Å²) in [5.41, 5.74) is 2.64. The van der Waals surface area contributed by atoms with E-state index in [1.165, 1.54) is 11.3 Å². The molecule has 1 saturated heterocycles. The molecule has 7 heteroatoms. The van der Waals surface area contributed by atoms with E-state index in [0.717, 1.165) is 55.9 Å². The average Bonchev–Trinajstić information content (AvgIpc) is 3.00. The van der Waals surface area contributed by atoms with Gasteiger partial charge in [0.2, 0.25) is 5.95 Å². The van der Waals surface area contributed by atoms with Gasteiger partial charge in [0.1, 0.15) is 0 Å². The molecule has 4 heterocycles. The molecule has 2 aromatic rings. The van der Waals surface area contributed by atoms with Crippen molar-refractivity contribution >= 4 is 21.9 Å². The first-order chi connectivity index (χ1) is 10.8. The van der Waals surface area contributed by atoms with E-state index in [0.29, 0.717) is 6.04 Å². The molecule has 0 aromatic carbocycles. The highest BCUT2D eigenvalue weighted by atomic mass is 79.9. The van der Waals surface area contributed by atoms with Crippen LogP contribution in [0.5, 0.6) is 0 Å². The Bertz CT molecular complexity index is 621. The Morgan fingerprint density at radius 3 is 2.68 bits per heavy atom. The van der Waals surface area contributed by atoms with Crippen LogP contribution in [0.4, 0.5) is 5.95 Å². The van der Waals surface area contributed by atoms with Gasteiger partial charge in [-0.1, -0.05) is 0 Å². The molecule has 116 valence electrons. The minimum Gasteiger partial charge on any atom is -0.341 e. The number of aromatic nitrogens is 4. The molecule has 1 fully saturated rings. The van der Waals surface area contributed by atoms with Crippen molar-refractivity contribution < 1.29 is 0 Å². The number of nitrogens with zero attached hydrogens (tertiary/aromatic N) is 5. The maximum Gasteiger partial charge on any atom is 0.225 e. The molecule has 0 aliphatic carbocycles. The number of anilines is 1. The lowest BCUT2D eigenvalue weighted by Crippen LogP contribution is -2.35. The van der Waals surface area contributed by atoms with Crippen LogP contribution >= 0.6 is 15.9 Å². The van der Waals surface area contributed by atoms with Crippen LogP contribution < -0.4 is 10.2 Å². The third-order valence-corrected chi connectivity index (χ3v) is 4.89. The predicted molar refractivity (Wildman–Crippen MR) is 87.9 cm³/mol. The molecule has 0 amide bonds. The average molecular weight is 363 g/mol. The van der Waals surface area contributed by atoms with E-state index in [9.17, 15) is 0 Å². The number of nitrogens with one attached hydrogen (secondary N) is 1. The van der Waals surface area contributed by atoms with Crippen LogP contribution in [-0.2, 0) is 13.0 Å². The summed E-state index contributed by atoms with van der Waals surface area (Å²) in [4.78, 5) is 11.0. The first-order valence-electron chi connectivity index (χ1n) is 7.80. The lowest BCUT2D eigenvalue weighted by Gasteiger charge is -2.32. The van der Waals surface area contributed by atoms with Crippen LogP contribution in [0.3, 0.4) is 0 Å². The summed E-state index contributed by atoms with van der Waals surface area (Å²) in [5.74, 6) is 0.825. The first kappa shape index (κ1) is 14.1. The first-order valence-corrected chi connectivity index (χ1v) is 8.59. The Morgan fingerprint density at radius 1 is 1.18 bits per heavy atom. The smallest absolute Gasteiger partial charge is 0.225 e. The van der Waals surface area contributed by atoms with Crippen molar-refractivity contribution in [3.8, 4) is 0 Å². The van der Waals surface area contributed by atoms with Gasteiger partial charge >= 0.3 is 0 Å². The summed E-state index contributed by atoms with van der Waals surface area (Å²) in [6.07, 6.45) is 9.08. The summed E-state index contributed by atoms with van der Waals surface area (Å²) in [6, 6.07) is 0.497. The Balaban J connectivity index is 1.43. The normalized spacial score (nSPS) is 19.2. The van der Waals surface area contributed by atoms with Crippen molar-refractivity contribution in [3.05, 3.63) is 34.3 Å². The standard InChI is InChI=1S/C15H19BrN6/c16-12-8-18-15(19-9-12)21-5-2-13(3-6-21)22-10-11-7-17-4-1-14(11)20-22/h8-10,13,17H,1-7H2. The van der Waals surface area contributed by atoms with Crippen molar-refractivity contribution in [2.24, 2.45) is 0 Å². The molecule has 4 rings (SSSR count). The molecular weight excluding hydrogens is 344 g/mol. The Labute approximate surface area is 138 Å². The molecule has 6 nitrogen and oxygen atoms in total. The summed E-state index contributed by atoms with van der Waals surface area (Å²) in [7, 11) is 0. The van der Waals surface area contributed by atoms with Crippen molar-refractivity contribution in [2.45, 2.75) is 31.8 Å². The molecule has 0 unspecified atom stereocenters. The van der Waals surface area contributed by atoms with Crippen LogP contribution in [0.2, 0.25) is 0 Å². The lowest BCUT2D eigenvalue weighted by molar-refractivity contribution is 0.363. The SMILES string of the molecule is Brc1cnc(N2CCC(n3cc4c(n3)CCNC4)CC2)nc1. The Kier molecular flexibility index (Phi) is 3.83. The summed E-state index contributed by atoms with van der Waals surface area (Å²) in [6.45, 7) is 3.97. The van der Waals surface area contributed by atoms with Crippen LogP contribution in [0.25, 0.3) is 0 Å². The highest BCUT2D eigenvalue weighted by molar-refractivity contribution is 9.10. The van der Waals surface area contributed by atoms with Gasteiger partial charge in [-0.25, -0.2) is 9.97 Å². The molecule has 22 heavy (non-hydrogen) atoms. The van der Waals surface area contributed by atoms with Crippen molar-refractivity contribution in [3.63, 3.8) is 0 Å². The number of fused-ring (bicyclic) bond motifs is 1. The topological polar surface area (TPSA) is 58.9 Å². The van der Waals surface area contributed by atoms with E-state index in [1.54, 1.807) is 0 Å². The van der Waals surface area contributed by atoms with E-state index >= 15 is 0 Å². The fourth-order valence-corrected chi connectivity index (χ4v) is 3.45. The second kappa shape index (κ2) is 5.96. The van der Waals surface area contributed by atoms with Crippen LogP contribution in [-0.4, -0.2) is 39.4 Å². The molecule has 0 saturated carbocycles. The zero-order valence-electron chi connectivity index (χ0n) is 12.4. The Morgan fingerprint density at radius 2 is 1.95 bits per heavy atom. The van der Waals surface area contributed by atoms with E-state index < -0.39 is 0 Å². The molecule has 0 bridgehead atoms. The number of rotatable bonds is 2. The molecule has 0 radical (unpaired) electrons. The highest BCUT2D eigenvalue weighted by Crippen LogP contribution is 2.26. The van der Waals surface area contributed by atoms with Crippen molar-refractivity contribution in [1.29, 1.82) is 0 Å². The zero-order valence-corrected chi connectivity index (χ0v) is 14.0. The van der Waals surface area contributed by atoms with Gasteiger partial charge in [-0.05, 0) is 28.8 Å². The van der Waals surface area contributed by atoms with Crippen LogP contribution in [0.1, 0.15) is 30.1 Å². The van der Waals surface area contributed by atoms with Gasteiger partial charge in [0.15, 0.2) is 0 Å². The second-order valence-electron chi connectivity index (χ2n) is 5.93. The van der Waals surface area contributed by atoms with Gasteiger partial charge in [-0.15, -0.1) is 0 Å². The number of halogens is 1. The summed E-state index contributed by atoms with van der Waals surface area (Å²) in [5, 5.41) is 8.21. The van der Waals surface area contributed by atoms with Crippen LogP contribution in [0.15, 0.2) is 23.1 Å². The molecule has 0 spiro atoms. The molecule has 2 aromatic heterocycles. The summed E-state index contributed by atoms with van der Waals surface area (Å²) >= 11 is 3.38. The quantitative estimate of drug-likeness (QED) is 0.884. The maximum absolute atomic E-state index is 4.80. The third-order valence-electron chi connectivity index (χ3n) is 4.48. The second-order valence-corrected chi connectivity index (χ2v) is 6.84. The molecular formula is C15H19BrN6. The number of hydrogen-bond donors (Lipinski definition) is 1. The highest BCUT2D eigenvalue weighted by Gasteiger charge is 2.24. The molecule has 0 atom stereocenters.